The van der Waals surface area contributed by atoms with Crippen molar-refractivity contribution in [1.82, 2.24) is 19.6 Å². The second-order valence-electron chi connectivity index (χ2n) is 6.66. The molecule has 0 atom stereocenters. The van der Waals surface area contributed by atoms with Crippen LogP contribution in [0.25, 0.3) is 0 Å². The summed E-state index contributed by atoms with van der Waals surface area (Å²) in [4.78, 5) is 30.1. The first-order valence-electron chi connectivity index (χ1n) is 8.98. The summed E-state index contributed by atoms with van der Waals surface area (Å²) in [5.74, 6) is -0.155. The predicted octanol–water partition coefficient (Wildman–Crippen LogP) is 1.53. The molecule has 7 nitrogen and oxygen atoms in total. The third-order valence-corrected chi connectivity index (χ3v) is 4.97. The van der Waals surface area contributed by atoms with Crippen molar-refractivity contribution in [2.45, 2.75) is 6.54 Å². The molecule has 27 heavy (non-hydrogen) atoms. The minimum absolute atomic E-state index is 0.0273. The summed E-state index contributed by atoms with van der Waals surface area (Å²) in [6.45, 7) is 7.41. The van der Waals surface area contributed by atoms with Gasteiger partial charge in [-0.25, -0.2) is 0 Å². The maximum absolute atomic E-state index is 12.7. The van der Waals surface area contributed by atoms with Gasteiger partial charge in [0.1, 0.15) is 0 Å². The van der Waals surface area contributed by atoms with Gasteiger partial charge in [0, 0.05) is 64.3 Å². The maximum Gasteiger partial charge on any atom is 0.253 e. The third-order valence-electron chi connectivity index (χ3n) is 4.97. The van der Waals surface area contributed by atoms with Crippen LogP contribution < -0.4 is 4.90 Å². The van der Waals surface area contributed by atoms with E-state index < -0.39 is 0 Å². The first-order valence-corrected chi connectivity index (χ1v) is 8.98. The lowest BCUT2D eigenvalue weighted by Gasteiger charge is -2.34. The Hall–Kier alpha value is -2.93. The number of aromatic nitrogens is 2. The van der Waals surface area contributed by atoms with Crippen LogP contribution in [0.3, 0.4) is 0 Å². The number of anilines is 1. The van der Waals surface area contributed by atoms with E-state index in [0.717, 1.165) is 25.3 Å². The summed E-state index contributed by atoms with van der Waals surface area (Å²) < 4.78 is 1.88. The smallest absolute Gasteiger partial charge is 0.253 e. The SMILES string of the molecule is C=CC(=O)N(C)c1ccc(C(=O)N2CCN(Cc3ccnn3C)CC2)cc1. The van der Waals surface area contributed by atoms with E-state index in [-0.39, 0.29) is 11.8 Å². The molecule has 0 N–H and O–H groups in total. The second kappa shape index (κ2) is 8.18. The van der Waals surface area contributed by atoms with Gasteiger partial charge in [0.25, 0.3) is 5.91 Å². The van der Waals surface area contributed by atoms with Gasteiger partial charge in [-0.3, -0.25) is 19.2 Å². The average Bonchev–Trinajstić information content (AvgIpc) is 3.11. The maximum atomic E-state index is 12.7. The normalized spacial score (nSPS) is 14.8. The molecule has 2 heterocycles. The van der Waals surface area contributed by atoms with E-state index in [1.165, 1.54) is 16.7 Å². The molecule has 0 aliphatic carbocycles. The first kappa shape index (κ1) is 18.8. The summed E-state index contributed by atoms with van der Waals surface area (Å²) in [6, 6.07) is 9.13. The molecule has 1 aromatic heterocycles. The molecule has 0 spiro atoms. The average molecular weight is 367 g/mol. The second-order valence-corrected chi connectivity index (χ2v) is 6.66. The molecule has 0 bridgehead atoms. The van der Waals surface area contributed by atoms with Crippen LogP contribution in [0.4, 0.5) is 5.69 Å². The van der Waals surface area contributed by atoms with Crippen LogP contribution in [0.2, 0.25) is 0 Å². The van der Waals surface area contributed by atoms with Crippen molar-refractivity contribution in [3.05, 3.63) is 60.4 Å². The predicted molar refractivity (Wildman–Crippen MR) is 104 cm³/mol. The molecular formula is C20H25N5O2. The van der Waals surface area contributed by atoms with Crippen molar-refractivity contribution in [2.75, 3.05) is 38.1 Å². The molecule has 0 unspecified atom stereocenters. The molecule has 1 fully saturated rings. The van der Waals surface area contributed by atoms with Gasteiger partial charge < -0.3 is 9.80 Å². The number of hydrogen-bond acceptors (Lipinski definition) is 4. The molecule has 142 valence electrons. The Balaban J connectivity index is 1.56. The van der Waals surface area contributed by atoms with Gasteiger partial charge in [-0.2, -0.15) is 5.10 Å². The minimum Gasteiger partial charge on any atom is -0.336 e. The first-order chi connectivity index (χ1) is 13.0. The van der Waals surface area contributed by atoms with Crippen LogP contribution >= 0.6 is 0 Å². The minimum atomic E-state index is -0.182. The number of carbonyl (C=O) groups excluding carboxylic acids is 2. The number of aryl methyl sites for hydroxylation is 1. The molecule has 1 saturated heterocycles. The monoisotopic (exact) mass is 367 g/mol. The Morgan fingerprint density at radius 1 is 1.15 bits per heavy atom. The van der Waals surface area contributed by atoms with Crippen LogP contribution in [0.5, 0.6) is 0 Å². The molecule has 1 aliphatic heterocycles. The van der Waals surface area contributed by atoms with E-state index in [9.17, 15) is 9.59 Å². The summed E-state index contributed by atoms with van der Waals surface area (Å²) in [5.41, 5.74) is 2.54. The fourth-order valence-electron chi connectivity index (χ4n) is 3.17. The quantitative estimate of drug-likeness (QED) is 0.752. The van der Waals surface area contributed by atoms with E-state index in [4.69, 9.17) is 0 Å². The Morgan fingerprint density at radius 3 is 2.37 bits per heavy atom. The van der Waals surface area contributed by atoms with Crippen LogP contribution in [-0.2, 0) is 18.4 Å². The Bertz CT molecular complexity index is 819. The number of nitrogens with zero attached hydrogens (tertiary/aromatic N) is 5. The largest absolute Gasteiger partial charge is 0.336 e. The van der Waals surface area contributed by atoms with Crippen molar-refractivity contribution in [1.29, 1.82) is 0 Å². The highest BCUT2D eigenvalue weighted by molar-refractivity contribution is 6.01. The zero-order valence-corrected chi connectivity index (χ0v) is 15.8. The lowest BCUT2D eigenvalue weighted by molar-refractivity contribution is -0.113. The molecule has 0 radical (unpaired) electrons. The lowest BCUT2D eigenvalue weighted by atomic mass is 10.1. The molecule has 2 aromatic rings. The summed E-state index contributed by atoms with van der Waals surface area (Å²) in [6.07, 6.45) is 3.07. The molecule has 3 rings (SSSR count). The number of benzene rings is 1. The topological polar surface area (TPSA) is 61.7 Å². The third kappa shape index (κ3) is 4.25. The Morgan fingerprint density at radius 2 is 1.81 bits per heavy atom. The standard InChI is InChI=1S/C20H25N5O2/c1-4-19(26)22(2)17-7-5-16(6-8-17)20(27)25-13-11-24(12-14-25)15-18-9-10-21-23(18)3/h4-10H,1,11-15H2,2-3H3. The molecular weight excluding hydrogens is 342 g/mol. The molecule has 1 aromatic carbocycles. The van der Waals surface area contributed by atoms with Gasteiger partial charge >= 0.3 is 0 Å². The van der Waals surface area contributed by atoms with Crippen LogP contribution in [0, 0.1) is 0 Å². The van der Waals surface area contributed by atoms with Gasteiger partial charge in [-0.05, 0) is 36.4 Å². The van der Waals surface area contributed by atoms with Crippen molar-refractivity contribution in [3.63, 3.8) is 0 Å². The van der Waals surface area contributed by atoms with Gasteiger partial charge in [0.05, 0.1) is 5.69 Å². The number of rotatable bonds is 5. The van der Waals surface area contributed by atoms with Gasteiger partial charge in [-0.15, -0.1) is 0 Å². The summed E-state index contributed by atoms with van der Waals surface area (Å²) >= 11 is 0. The zero-order valence-electron chi connectivity index (χ0n) is 15.8. The highest BCUT2D eigenvalue weighted by atomic mass is 16.2. The van der Waals surface area contributed by atoms with E-state index in [2.05, 4.69) is 16.6 Å². The van der Waals surface area contributed by atoms with Crippen molar-refractivity contribution in [3.8, 4) is 0 Å². The van der Waals surface area contributed by atoms with Gasteiger partial charge in [-0.1, -0.05) is 6.58 Å². The lowest BCUT2D eigenvalue weighted by Crippen LogP contribution is -2.48. The molecule has 2 amide bonds. The zero-order chi connectivity index (χ0) is 19.4. The summed E-state index contributed by atoms with van der Waals surface area (Å²) in [7, 11) is 3.63. The molecule has 0 saturated carbocycles. The van der Waals surface area contributed by atoms with Crippen LogP contribution in [0.15, 0.2) is 49.2 Å². The van der Waals surface area contributed by atoms with E-state index in [1.807, 2.05) is 22.7 Å². The van der Waals surface area contributed by atoms with Crippen LogP contribution in [-0.4, -0.2) is 64.6 Å². The highest BCUT2D eigenvalue weighted by Crippen LogP contribution is 2.17. The van der Waals surface area contributed by atoms with Gasteiger partial charge in [0.2, 0.25) is 5.91 Å². The Labute approximate surface area is 159 Å². The number of hydrogen-bond donors (Lipinski definition) is 0. The van der Waals surface area contributed by atoms with Crippen molar-refractivity contribution < 1.29 is 9.59 Å². The highest BCUT2D eigenvalue weighted by Gasteiger charge is 2.22. The van der Waals surface area contributed by atoms with E-state index in [1.54, 1.807) is 37.5 Å². The number of amides is 2. The van der Waals surface area contributed by atoms with Crippen LogP contribution in [0.1, 0.15) is 16.1 Å². The summed E-state index contributed by atoms with van der Waals surface area (Å²) in [5, 5.41) is 4.20. The van der Waals surface area contributed by atoms with Crippen molar-refractivity contribution in [2.24, 2.45) is 7.05 Å². The number of carbonyl (C=O) groups is 2. The number of piperazine rings is 1. The molecule has 7 heteroatoms. The number of likely N-dealkylation sites (N-methyl/N-ethyl adjacent to an activating group) is 1. The fraction of sp³-hybridized carbons (Fsp3) is 0.350. The molecule has 1 aliphatic rings. The van der Waals surface area contributed by atoms with Crippen molar-refractivity contribution >= 4 is 17.5 Å². The van der Waals surface area contributed by atoms with Gasteiger partial charge in [0.15, 0.2) is 0 Å². The Kier molecular flexibility index (Phi) is 5.71. The van der Waals surface area contributed by atoms with E-state index in [0.29, 0.717) is 18.7 Å². The van der Waals surface area contributed by atoms with E-state index >= 15 is 0 Å². The fourth-order valence-corrected chi connectivity index (χ4v) is 3.17.